The first-order chi connectivity index (χ1) is 13.6. The Morgan fingerprint density at radius 3 is 2.68 bits per heavy atom. The summed E-state index contributed by atoms with van der Waals surface area (Å²) in [5, 5.41) is 8.22. The van der Waals surface area contributed by atoms with Gasteiger partial charge < -0.3 is 10.1 Å². The summed E-state index contributed by atoms with van der Waals surface area (Å²) in [7, 11) is 0. The van der Waals surface area contributed by atoms with E-state index in [4.69, 9.17) is 27.9 Å². The molecule has 1 heterocycles. The average Bonchev–Trinajstić information content (AvgIpc) is 3.19. The SMILES string of the molecule is O=C(CCCOc1ccc(Cl)cc1Cl)NCc1ccccc1Cn1cccn1. The Labute approximate surface area is 174 Å². The van der Waals surface area contributed by atoms with E-state index < -0.39 is 0 Å². The minimum absolute atomic E-state index is 0.0142. The number of aromatic nitrogens is 2. The van der Waals surface area contributed by atoms with Crippen molar-refractivity contribution in [2.24, 2.45) is 0 Å². The predicted molar refractivity (Wildman–Crippen MR) is 111 cm³/mol. The highest BCUT2D eigenvalue weighted by Gasteiger charge is 2.07. The van der Waals surface area contributed by atoms with E-state index in [1.807, 2.05) is 41.2 Å². The van der Waals surface area contributed by atoms with Crippen molar-refractivity contribution in [1.82, 2.24) is 15.1 Å². The Hall–Kier alpha value is -2.50. The highest BCUT2D eigenvalue weighted by molar-refractivity contribution is 6.35. The molecule has 1 amide bonds. The average molecular weight is 418 g/mol. The van der Waals surface area contributed by atoms with Crippen LogP contribution in [0.3, 0.4) is 0 Å². The van der Waals surface area contributed by atoms with Gasteiger partial charge in [0.05, 0.1) is 18.2 Å². The van der Waals surface area contributed by atoms with Crippen LogP contribution in [-0.4, -0.2) is 22.3 Å². The maximum Gasteiger partial charge on any atom is 0.220 e. The Morgan fingerprint density at radius 1 is 1.11 bits per heavy atom. The maximum atomic E-state index is 12.1. The molecule has 0 spiro atoms. The fraction of sp³-hybridized carbons (Fsp3) is 0.238. The highest BCUT2D eigenvalue weighted by Crippen LogP contribution is 2.27. The lowest BCUT2D eigenvalue weighted by Crippen LogP contribution is -2.23. The summed E-state index contributed by atoms with van der Waals surface area (Å²) in [6.45, 7) is 1.57. The number of ether oxygens (including phenoxy) is 1. The van der Waals surface area contributed by atoms with E-state index in [9.17, 15) is 4.79 Å². The van der Waals surface area contributed by atoms with E-state index >= 15 is 0 Å². The van der Waals surface area contributed by atoms with E-state index in [0.717, 1.165) is 11.1 Å². The molecule has 1 aromatic heterocycles. The molecule has 1 N–H and O–H groups in total. The number of halogens is 2. The zero-order valence-electron chi connectivity index (χ0n) is 15.3. The van der Waals surface area contributed by atoms with E-state index in [0.29, 0.717) is 48.3 Å². The molecule has 0 bridgehead atoms. The number of nitrogens with zero attached hydrogens (tertiary/aromatic N) is 2. The third kappa shape index (κ3) is 6.01. The smallest absolute Gasteiger partial charge is 0.220 e. The van der Waals surface area contributed by atoms with Crippen LogP contribution in [0.1, 0.15) is 24.0 Å². The predicted octanol–water partition coefficient (Wildman–Crippen LogP) is 4.71. The molecule has 28 heavy (non-hydrogen) atoms. The van der Waals surface area contributed by atoms with Crippen LogP contribution in [0.5, 0.6) is 5.75 Å². The van der Waals surface area contributed by atoms with Crippen LogP contribution in [0, 0.1) is 0 Å². The van der Waals surface area contributed by atoms with Gasteiger partial charge >= 0.3 is 0 Å². The van der Waals surface area contributed by atoms with Crippen LogP contribution in [0.15, 0.2) is 60.9 Å². The molecule has 0 aliphatic heterocycles. The van der Waals surface area contributed by atoms with Crippen LogP contribution in [0.4, 0.5) is 0 Å². The summed E-state index contributed by atoms with van der Waals surface area (Å²) in [5.41, 5.74) is 2.21. The van der Waals surface area contributed by atoms with Gasteiger partial charge in [-0.1, -0.05) is 47.5 Å². The fourth-order valence-corrected chi connectivity index (χ4v) is 3.21. The first-order valence-corrected chi connectivity index (χ1v) is 9.76. The molecule has 146 valence electrons. The number of rotatable bonds is 9. The molecule has 7 heteroatoms. The third-order valence-corrected chi connectivity index (χ3v) is 4.72. The summed E-state index contributed by atoms with van der Waals surface area (Å²) in [5.74, 6) is 0.554. The van der Waals surface area contributed by atoms with E-state index in [1.165, 1.54) is 0 Å². The monoisotopic (exact) mass is 417 g/mol. The lowest BCUT2D eigenvalue weighted by atomic mass is 10.1. The zero-order valence-corrected chi connectivity index (χ0v) is 16.8. The number of nitrogens with one attached hydrogen (secondary N) is 1. The van der Waals surface area contributed by atoms with Crippen LogP contribution in [-0.2, 0) is 17.9 Å². The molecule has 0 saturated carbocycles. The van der Waals surface area contributed by atoms with Crippen molar-refractivity contribution >= 4 is 29.1 Å². The molecule has 0 fully saturated rings. The topological polar surface area (TPSA) is 56.1 Å². The molecule has 0 atom stereocenters. The van der Waals surface area contributed by atoms with Crippen molar-refractivity contribution in [3.8, 4) is 5.75 Å². The standard InChI is InChI=1S/C21H21Cl2N3O2/c22-18-8-9-20(19(23)13-18)28-12-3-7-21(27)24-14-16-5-1-2-6-17(16)15-26-11-4-10-25-26/h1-2,4-6,8-11,13H,3,7,12,14-15H2,(H,24,27). The number of amides is 1. The van der Waals surface area contributed by atoms with Gasteiger partial charge in [0, 0.05) is 30.4 Å². The van der Waals surface area contributed by atoms with Gasteiger partial charge in [0.15, 0.2) is 0 Å². The zero-order chi connectivity index (χ0) is 19.8. The number of hydrogen-bond donors (Lipinski definition) is 1. The van der Waals surface area contributed by atoms with Gasteiger partial charge in [-0.3, -0.25) is 9.48 Å². The van der Waals surface area contributed by atoms with Crippen LogP contribution < -0.4 is 10.1 Å². The van der Waals surface area contributed by atoms with E-state index in [1.54, 1.807) is 24.4 Å². The molecule has 0 unspecified atom stereocenters. The summed E-state index contributed by atoms with van der Waals surface area (Å²) >= 11 is 11.9. The Kier molecular flexibility index (Phi) is 7.34. The van der Waals surface area contributed by atoms with Crippen molar-refractivity contribution in [2.75, 3.05) is 6.61 Å². The largest absolute Gasteiger partial charge is 0.492 e. The van der Waals surface area contributed by atoms with Crippen LogP contribution >= 0.6 is 23.2 Å². The second-order valence-electron chi connectivity index (χ2n) is 6.28. The summed E-state index contributed by atoms with van der Waals surface area (Å²) < 4.78 is 7.46. The molecular formula is C21H21Cl2N3O2. The van der Waals surface area contributed by atoms with Gasteiger partial charge in [-0.2, -0.15) is 5.10 Å². The van der Waals surface area contributed by atoms with Gasteiger partial charge in [-0.05, 0) is 41.8 Å². The first-order valence-electron chi connectivity index (χ1n) is 9.00. The Morgan fingerprint density at radius 2 is 1.93 bits per heavy atom. The highest BCUT2D eigenvalue weighted by atomic mass is 35.5. The molecule has 3 rings (SSSR count). The quantitative estimate of drug-likeness (QED) is 0.512. The first kappa shape index (κ1) is 20.2. The number of carbonyl (C=O) groups is 1. The summed E-state index contributed by atoms with van der Waals surface area (Å²) in [6.07, 6.45) is 4.65. The van der Waals surface area contributed by atoms with E-state index in [2.05, 4.69) is 10.4 Å². The molecule has 2 aromatic carbocycles. The Bertz CT molecular complexity index is 914. The maximum absolute atomic E-state index is 12.1. The third-order valence-electron chi connectivity index (χ3n) is 4.19. The number of benzene rings is 2. The second-order valence-corrected chi connectivity index (χ2v) is 7.12. The summed E-state index contributed by atoms with van der Waals surface area (Å²) in [4.78, 5) is 12.1. The molecule has 0 aliphatic rings. The number of carbonyl (C=O) groups excluding carboxylic acids is 1. The lowest BCUT2D eigenvalue weighted by molar-refractivity contribution is -0.121. The van der Waals surface area contributed by atoms with Crippen molar-refractivity contribution < 1.29 is 9.53 Å². The normalized spacial score (nSPS) is 10.6. The van der Waals surface area contributed by atoms with Crippen LogP contribution in [0.25, 0.3) is 0 Å². The van der Waals surface area contributed by atoms with Gasteiger partial charge in [-0.25, -0.2) is 0 Å². The van der Waals surface area contributed by atoms with Gasteiger partial charge in [-0.15, -0.1) is 0 Å². The Balaban J connectivity index is 1.42. The molecule has 0 saturated heterocycles. The molecule has 5 nitrogen and oxygen atoms in total. The van der Waals surface area contributed by atoms with Gasteiger partial charge in [0.25, 0.3) is 0 Å². The van der Waals surface area contributed by atoms with Gasteiger partial charge in [0.1, 0.15) is 5.75 Å². The molecule has 0 radical (unpaired) electrons. The minimum atomic E-state index is -0.0142. The van der Waals surface area contributed by atoms with Gasteiger partial charge in [0.2, 0.25) is 5.91 Å². The van der Waals surface area contributed by atoms with Crippen molar-refractivity contribution in [1.29, 1.82) is 0 Å². The lowest BCUT2D eigenvalue weighted by Gasteiger charge is -2.11. The van der Waals surface area contributed by atoms with Crippen molar-refractivity contribution in [2.45, 2.75) is 25.9 Å². The summed E-state index contributed by atoms with van der Waals surface area (Å²) in [6, 6.07) is 15.0. The molecule has 3 aromatic rings. The fourth-order valence-electron chi connectivity index (χ4n) is 2.74. The van der Waals surface area contributed by atoms with Crippen molar-refractivity contribution in [3.63, 3.8) is 0 Å². The van der Waals surface area contributed by atoms with Crippen molar-refractivity contribution in [3.05, 3.63) is 82.1 Å². The van der Waals surface area contributed by atoms with E-state index in [-0.39, 0.29) is 5.91 Å². The molecule has 0 aliphatic carbocycles. The van der Waals surface area contributed by atoms with Crippen LogP contribution in [0.2, 0.25) is 10.0 Å². The second kappa shape index (κ2) is 10.2. The molecular weight excluding hydrogens is 397 g/mol. The number of hydrogen-bond acceptors (Lipinski definition) is 3. The minimum Gasteiger partial charge on any atom is -0.492 e.